The van der Waals surface area contributed by atoms with Crippen molar-refractivity contribution >= 4 is 28.2 Å². The zero-order valence-electron chi connectivity index (χ0n) is 16.8. The maximum atomic E-state index is 13.3. The molecule has 0 radical (unpaired) electrons. The number of thiophene rings is 1. The molecule has 7 heteroatoms. The summed E-state index contributed by atoms with van der Waals surface area (Å²) in [5.74, 6) is 0.854. The van der Waals surface area contributed by atoms with Crippen LogP contribution in [-0.4, -0.2) is 21.2 Å². The number of carbonyl (C=O) groups excluding carboxylic acids is 1. The SMILES string of the molecule is CC1CCc2nc3ccccc3c(C(=O)OC(C)c3nnc(-c4cccs4)o3)c2C1. The van der Waals surface area contributed by atoms with E-state index in [2.05, 4.69) is 17.1 Å². The van der Waals surface area contributed by atoms with Crippen molar-refractivity contribution in [1.82, 2.24) is 15.2 Å². The number of hydrogen-bond donors (Lipinski definition) is 0. The molecule has 0 bridgehead atoms. The number of esters is 1. The summed E-state index contributed by atoms with van der Waals surface area (Å²) in [5.41, 5.74) is 3.45. The highest BCUT2D eigenvalue weighted by molar-refractivity contribution is 7.13. The van der Waals surface area contributed by atoms with Gasteiger partial charge in [0.2, 0.25) is 0 Å². The summed E-state index contributed by atoms with van der Waals surface area (Å²) in [7, 11) is 0. The van der Waals surface area contributed by atoms with Crippen molar-refractivity contribution in [3.63, 3.8) is 0 Å². The molecule has 3 heterocycles. The summed E-state index contributed by atoms with van der Waals surface area (Å²) in [4.78, 5) is 19.0. The number of benzene rings is 1. The average molecular weight is 420 g/mol. The van der Waals surface area contributed by atoms with Crippen LogP contribution in [0.4, 0.5) is 0 Å². The zero-order chi connectivity index (χ0) is 20.7. The van der Waals surface area contributed by atoms with E-state index in [1.807, 2.05) is 41.8 Å². The maximum Gasteiger partial charge on any atom is 0.339 e. The van der Waals surface area contributed by atoms with Crippen LogP contribution < -0.4 is 0 Å². The van der Waals surface area contributed by atoms with Crippen molar-refractivity contribution in [3.05, 3.63) is 64.5 Å². The van der Waals surface area contributed by atoms with E-state index in [-0.39, 0.29) is 11.9 Å². The summed E-state index contributed by atoms with van der Waals surface area (Å²) in [6, 6.07) is 11.6. The van der Waals surface area contributed by atoms with E-state index < -0.39 is 6.10 Å². The lowest BCUT2D eigenvalue weighted by molar-refractivity contribution is 0.0280. The summed E-state index contributed by atoms with van der Waals surface area (Å²) in [6.07, 6.45) is 2.14. The van der Waals surface area contributed by atoms with Crippen molar-refractivity contribution in [2.45, 2.75) is 39.2 Å². The molecule has 2 unspecified atom stereocenters. The van der Waals surface area contributed by atoms with Crippen LogP contribution in [-0.2, 0) is 17.6 Å². The van der Waals surface area contributed by atoms with Gasteiger partial charge in [-0.3, -0.25) is 4.98 Å². The predicted molar refractivity (Wildman–Crippen MR) is 114 cm³/mol. The van der Waals surface area contributed by atoms with E-state index in [1.165, 1.54) is 11.3 Å². The van der Waals surface area contributed by atoms with Gasteiger partial charge in [-0.15, -0.1) is 21.5 Å². The van der Waals surface area contributed by atoms with Gasteiger partial charge >= 0.3 is 5.97 Å². The summed E-state index contributed by atoms with van der Waals surface area (Å²) in [6.45, 7) is 3.96. The largest absolute Gasteiger partial charge is 0.449 e. The standard InChI is InChI=1S/C23H21N3O3S/c1-13-9-10-18-16(12-13)20(15-6-3-4-7-17(15)24-18)23(27)28-14(2)21-25-26-22(29-21)19-8-5-11-30-19/h3-8,11,13-14H,9-10,12H2,1-2H3. The Kier molecular flexibility index (Phi) is 4.83. The topological polar surface area (TPSA) is 78.1 Å². The molecule has 3 aromatic heterocycles. The third-order valence-electron chi connectivity index (χ3n) is 5.51. The molecule has 0 spiro atoms. The van der Waals surface area contributed by atoms with Crippen LogP contribution in [0.1, 0.15) is 53.9 Å². The maximum absolute atomic E-state index is 13.3. The Balaban J connectivity index is 1.48. The molecule has 0 saturated carbocycles. The van der Waals surface area contributed by atoms with Crippen LogP contribution in [0.5, 0.6) is 0 Å². The van der Waals surface area contributed by atoms with E-state index in [1.54, 1.807) is 6.92 Å². The van der Waals surface area contributed by atoms with Crippen molar-refractivity contribution in [3.8, 4) is 10.8 Å². The number of fused-ring (bicyclic) bond motifs is 2. The number of nitrogens with zero attached hydrogens (tertiary/aromatic N) is 3. The Morgan fingerprint density at radius 2 is 2.10 bits per heavy atom. The molecule has 0 fully saturated rings. The van der Waals surface area contributed by atoms with Crippen LogP contribution >= 0.6 is 11.3 Å². The summed E-state index contributed by atoms with van der Waals surface area (Å²) < 4.78 is 11.5. The molecule has 0 N–H and O–H groups in total. The third-order valence-corrected chi connectivity index (χ3v) is 6.37. The van der Waals surface area contributed by atoms with Gasteiger partial charge in [0.1, 0.15) is 0 Å². The van der Waals surface area contributed by atoms with Crippen molar-refractivity contribution < 1.29 is 13.9 Å². The number of ether oxygens (including phenoxy) is 1. The number of pyridine rings is 1. The van der Waals surface area contributed by atoms with Gasteiger partial charge in [0.15, 0.2) is 6.10 Å². The van der Waals surface area contributed by atoms with Gasteiger partial charge in [-0.2, -0.15) is 0 Å². The minimum absolute atomic E-state index is 0.285. The Labute approximate surface area is 177 Å². The number of rotatable bonds is 4. The fourth-order valence-corrected chi connectivity index (χ4v) is 4.61. The fraction of sp³-hybridized carbons (Fsp3) is 0.304. The Bertz CT molecular complexity index is 1220. The fourth-order valence-electron chi connectivity index (χ4n) is 3.96. The van der Waals surface area contributed by atoms with Crippen molar-refractivity contribution in [1.29, 1.82) is 0 Å². The molecule has 1 aromatic carbocycles. The average Bonchev–Trinajstić information content (AvgIpc) is 3.43. The van der Waals surface area contributed by atoms with E-state index in [0.29, 0.717) is 17.4 Å². The Hall–Kier alpha value is -3.06. The molecule has 152 valence electrons. The second kappa shape index (κ2) is 7.65. The highest BCUT2D eigenvalue weighted by Crippen LogP contribution is 2.33. The van der Waals surface area contributed by atoms with E-state index >= 15 is 0 Å². The van der Waals surface area contributed by atoms with Crippen LogP contribution in [0.25, 0.3) is 21.7 Å². The quantitative estimate of drug-likeness (QED) is 0.413. The van der Waals surface area contributed by atoms with Gasteiger partial charge in [0, 0.05) is 11.1 Å². The number of aryl methyl sites for hydroxylation is 1. The van der Waals surface area contributed by atoms with E-state index in [0.717, 1.165) is 46.3 Å². The number of aromatic nitrogens is 3. The van der Waals surface area contributed by atoms with Gasteiger partial charge in [-0.1, -0.05) is 31.2 Å². The predicted octanol–water partition coefficient (Wildman–Crippen LogP) is 5.39. The molecule has 1 aliphatic carbocycles. The van der Waals surface area contributed by atoms with Gasteiger partial charge < -0.3 is 9.15 Å². The normalized spacial score (nSPS) is 16.9. The van der Waals surface area contributed by atoms with Crippen molar-refractivity contribution in [2.24, 2.45) is 5.92 Å². The molecule has 1 aliphatic rings. The first kappa shape index (κ1) is 18.9. The molecule has 0 aliphatic heterocycles. The van der Waals surface area contributed by atoms with Gasteiger partial charge in [0.25, 0.3) is 11.8 Å². The molecule has 6 nitrogen and oxygen atoms in total. The first-order valence-electron chi connectivity index (χ1n) is 10.1. The van der Waals surface area contributed by atoms with E-state index in [9.17, 15) is 4.79 Å². The van der Waals surface area contributed by atoms with Crippen LogP contribution in [0, 0.1) is 5.92 Å². The molecule has 4 aromatic rings. The molecule has 0 amide bonds. The number of carbonyl (C=O) groups is 1. The highest BCUT2D eigenvalue weighted by atomic mass is 32.1. The van der Waals surface area contributed by atoms with E-state index in [4.69, 9.17) is 14.1 Å². The smallest absolute Gasteiger partial charge is 0.339 e. The molecule has 0 saturated heterocycles. The molecule has 30 heavy (non-hydrogen) atoms. The Morgan fingerprint density at radius 1 is 1.23 bits per heavy atom. The lowest BCUT2D eigenvalue weighted by Crippen LogP contribution is -2.20. The summed E-state index contributed by atoms with van der Waals surface area (Å²) in [5, 5.41) is 10.9. The first-order chi connectivity index (χ1) is 14.6. The number of para-hydroxylation sites is 1. The lowest BCUT2D eigenvalue weighted by Gasteiger charge is -2.24. The van der Waals surface area contributed by atoms with Gasteiger partial charge in [0.05, 0.1) is 16.0 Å². The zero-order valence-corrected chi connectivity index (χ0v) is 17.6. The Morgan fingerprint density at radius 3 is 2.93 bits per heavy atom. The van der Waals surface area contributed by atoms with Gasteiger partial charge in [-0.05, 0) is 55.2 Å². The van der Waals surface area contributed by atoms with Crippen LogP contribution in [0.15, 0.2) is 46.2 Å². The van der Waals surface area contributed by atoms with Crippen molar-refractivity contribution in [2.75, 3.05) is 0 Å². The monoisotopic (exact) mass is 419 g/mol. The minimum Gasteiger partial charge on any atom is -0.449 e. The van der Waals surface area contributed by atoms with Crippen LogP contribution in [0.2, 0.25) is 0 Å². The van der Waals surface area contributed by atoms with Crippen LogP contribution in [0.3, 0.4) is 0 Å². The number of hydrogen-bond acceptors (Lipinski definition) is 7. The minimum atomic E-state index is -0.651. The molecular weight excluding hydrogens is 398 g/mol. The molecule has 5 rings (SSSR count). The highest BCUT2D eigenvalue weighted by Gasteiger charge is 2.28. The third kappa shape index (κ3) is 3.39. The second-order valence-corrected chi connectivity index (χ2v) is 8.70. The van der Waals surface area contributed by atoms with Gasteiger partial charge in [-0.25, -0.2) is 4.79 Å². The molecule has 2 atom stereocenters. The first-order valence-corrected chi connectivity index (χ1v) is 11.0. The lowest BCUT2D eigenvalue weighted by atomic mass is 9.84. The second-order valence-electron chi connectivity index (χ2n) is 7.75. The summed E-state index contributed by atoms with van der Waals surface area (Å²) >= 11 is 1.52. The molecular formula is C23H21N3O3S.